The summed E-state index contributed by atoms with van der Waals surface area (Å²) in [6.45, 7) is -0.808. The molecular formula is C9H11N2Na2O9P. The van der Waals surface area contributed by atoms with Crippen LogP contribution in [-0.4, -0.2) is 44.7 Å². The van der Waals surface area contributed by atoms with Gasteiger partial charge in [-0.25, -0.2) is 4.79 Å². The van der Waals surface area contributed by atoms with Crippen molar-refractivity contribution in [3.63, 3.8) is 0 Å². The first kappa shape index (κ1) is 23.7. The molecule has 1 fully saturated rings. The SMILES string of the molecule is O=c1ccn(C2OC(COP(=O)([O-])[O-])C(O)C2O)c(=O)[nH]1.[Na+].[Na+]. The molecule has 0 saturated carbocycles. The van der Waals surface area contributed by atoms with Crippen LogP contribution in [0.4, 0.5) is 0 Å². The molecule has 1 aromatic heterocycles. The summed E-state index contributed by atoms with van der Waals surface area (Å²) in [6.07, 6.45) is -4.83. The molecule has 1 aliphatic rings. The quantitative estimate of drug-likeness (QED) is 0.344. The fourth-order valence-electron chi connectivity index (χ4n) is 1.89. The van der Waals surface area contributed by atoms with Crippen LogP contribution in [0.5, 0.6) is 0 Å². The van der Waals surface area contributed by atoms with Gasteiger partial charge in [-0.15, -0.1) is 0 Å². The van der Waals surface area contributed by atoms with Gasteiger partial charge in [0, 0.05) is 12.3 Å². The number of aromatic nitrogens is 2. The van der Waals surface area contributed by atoms with Gasteiger partial charge >= 0.3 is 64.8 Å². The smallest absolute Gasteiger partial charge is 0.790 e. The van der Waals surface area contributed by atoms with E-state index in [2.05, 4.69) is 4.52 Å². The first-order valence-electron chi connectivity index (χ1n) is 5.69. The molecule has 0 bridgehead atoms. The van der Waals surface area contributed by atoms with E-state index in [0.717, 1.165) is 16.8 Å². The Kier molecular flexibility index (Phi) is 9.66. The van der Waals surface area contributed by atoms with E-state index in [1.165, 1.54) is 0 Å². The number of phosphoric ester groups is 1. The van der Waals surface area contributed by atoms with Crippen molar-refractivity contribution < 1.29 is 92.9 Å². The molecule has 11 nitrogen and oxygen atoms in total. The van der Waals surface area contributed by atoms with Crippen LogP contribution in [0.25, 0.3) is 0 Å². The van der Waals surface area contributed by atoms with Crippen molar-refractivity contribution in [3.05, 3.63) is 33.1 Å². The zero-order valence-corrected chi connectivity index (χ0v) is 17.2. The summed E-state index contributed by atoms with van der Waals surface area (Å²) in [5.74, 6) is 0. The average molecular weight is 368 g/mol. The third-order valence-corrected chi connectivity index (χ3v) is 3.32. The Hall–Kier alpha value is 0.670. The third-order valence-electron chi connectivity index (χ3n) is 2.86. The van der Waals surface area contributed by atoms with Crippen molar-refractivity contribution >= 4 is 7.82 Å². The molecule has 118 valence electrons. The number of hydrogen-bond acceptors (Lipinski definition) is 9. The maximum Gasteiger partial charge on any atom is 1.00 e. The predicted molar refractivity (Wildman–Crippen MR) is 60.8 cm³/mol. The largest absolute Gasteiger partial charge is 1.00 e. The molecule has 3 N–H and O–H groups in total. The van der Waals surface area contributed by atoms with Gasteiger partial charge in [0.25, 0.3) is 5.56 Å². The van der Waals surface area contributed by atoms with Crippen molar-refractivity contribution in [2.45, 2.75) is 24.5 Å². The van der Waals surface area contributed by atoms with Crippen LogP contribution < -0.4 is 80.2 Å². The van der Waals surface area contributed by atoms with Crippen molar-refractivity contribution in [3.8, 4) is 0 Å². The van der Waals surface area contributed by atoms with E-state index >= 15 is 0 Å². The van der Waals surface area contributed by atoms with Gasteiger partial charge in [-0.3, -0.25) is 14.3 Å². The number of nitrogens with zero attached hydrogens (tertiary/aromatic N) is 1. The van der Waals surface area contributed by atoms with Gasteiger partial charge in [-0.05, 0) is 0 Å². The van der Waals surface area contributed by atoms with Gasteiger partial charge in [0.15, 0.2) is 6.23 Å². The Morgan fingerprint density at radius 1 is 1.30 bits per heavy atom. The molecule has 1 aliphatic heterocycles. The van der Waals surface area contributed by atoms with Gasteiger partial charge in [0.1, 0.15) is 18.3 Å². The number of ether oxygens (including phenoxy) is 1. The molecule has 0 aliphatic carbocycles. The first-order chi connectivity index (χ1) is 9.69. The van der Waals surface area contributed by atoms with Crippen LogP contribution in [0.1, 0.15) is 6.23 Å². The molecule has 23 heavy (non-hydrogen) atoms. The molecular weight excluding hydrogens is 357 g/mol. The molecule has 4 atom stereocenters. The number of H-pyrrole nitrogens is 1. The Bertz CT molecular complexity index is 673. The number of nitrogens with one attached hydrogen (secondary N) is 1. The maximum absolute atomic E-state index is 11.6. The summed E-state index contributed by atoms with van der Waals surface area (Å²) in [7, 11) is -5.26. The summed E-state index contributed by atoms with van der Waals surface area (Å²) < 4.78 is 20.3. The first-order valence-corrected chi connectivity index (χ1v) is 7.15. The topological polar surface area (TPSA) is 177 Å². The van der Waals surface area contributed by atoms with Gasteiger partial charge in [0.05, 0.1) is 14.4 Å². The van der Waals surface area contributed by atoms with E-state index in [0.29, 0.717) is 0 Å². The standard InChI is InChI=1S/C9H13N2O9P.2Na/c12-5-1-2-11(9(15)10-5)8-7(14)6(13)4(20-8)3-19-21(16,17)18;;/h1-2,4,6-8,13-14H,3H2,(H,10,12,15)(H2,16,17,18);;/q;2*+1/p-2. The molecule has 0 aromatic carbocycles. The van der Waals surface area contributed by atoms with Crippen LogP contribution in [0.15, 0.2) is 21.9 Å². The Morgan fingerprint density at radius 3 is 2.43 bits per heavy atom. The molecule has 14 heteroatoms. The Labute approximate surface area is 173 Å². The second-order valence-electron chi connectivity index (χ2n) is 4.31. The minimum Gasteiger partial charge on any atom is -0.790 e. The van der Waals surface area contributed by atoms with Gasteiger partial charge in [0.2, 0.25) is 0 Å². The molecule has 0 amide bonds. The van der Waals surface area contributed by atoms with E-state index in [9.17, 15) is 34.2 Å². The second-order valence-corrected chi connectivity index (χ2v) is 5.46. The van der Waals surface area contributed by atoms with Crippen LogP contribution in [0.2, 0.25) is 0 Å². The molecule has 0 spiro atoms. The van der Waals surface area contributed by atoms with Crippen molar-refractivity contribution in [1.29, 1.82) is 0 Å². The summed E-state index contributed by atoms with van der Waals surface area (Å²) >= 11 is 0. The summed E-state index contributed by atoms with van der Waals surface area (Å²) in [6, 6.07) is 0.997. The number of aromatic amines is 1. The summed E-state index contributed by atoms with van der Waals surface area (Å²) in [5.41, 5.74) is -1.55. The van der Waals surface area contributed by atoms with E-state index in [4.69, 9.17) is 4.74 Å². The van der Waals surface area contributed by atoms with Crippen molar-refractivity contribution in [2.24, 2.45) is 0 Å². The van der Waals surface area contributed by atoms with Crippen molar-refractivity contribution in [2.75, 3.05) is 6.61 Å². The molecule has 1 aromatic rings. The number of rotatable bonds is 4. The second kappa shape index (κ2) is 9.39. The summed E-state index contributed by atoms with van der Waals surface area (Å²) in [5, 5.41) is 19.5. The van der Waals surface area contributed by atoms with Crippen LogP contribution in [-0.2, 0) is 13.8 Å². The van der Waals surface area contributed by atoms with E-state index in [-0.39, 0.29) is 59.1 Å². The Balaban J connectivity index is 0.00000242. The molecule has 2 rings (SSSR count). The number of phosphoric acid groups is 1. The fraction of sp³-hybridized carbons (Fsp3) is 0.556. The third kappa shape index (κ3) is 6.15. The van der Waals surface area contributed by atoms with E-state index in [1.54, 1.807) is 0 Å². The monoisotopic (exact) mass is 368 g/mol. The van der Waals surface area contributed by atoms with Crippen LogP contribution >= 0.6 is 7.82 Å². The fourth-order valence-corrected chi connectivity index (χ4v) is 2.22. The van der Waals surface area contributed by atoms with Gasteiger partial charge in [-0.2, -0.15) is 0 Å². The van der Waals surface area contributed by atoms with E-state index < -0.39 is 50.2 Å². The van der Waals surface area contributed by atoms with Crippen LogP contribution in [0, 0.1) is 0 Å². The average Bonchev–Trinajstić information content (AvgIpc) is 2.64. The Morgan fingerprint density at radius 2 is 1.91 bits per heavy atom. The maximum atomic E-state index is 11.6. The number of aliphatic hydroxyl groups excluding tert-OH is 2. The number of hydrogen-bond donors (Lipinski definition) is 3. The molecule has 2 heterocycles. The van der Waals surface area contributed by atoms with E-state index in [1.807, 2.05) is 4.98 Å². The molecule has 0 radical (unpaired) electrons. The molecule has 1 saturated heterocycles. The predicted octanol–water partition coefficient (Wildman–Crippen LogP) is -9.99. The van der Waals surface area contributed by atoms with Crippen LogP contribution in [0.3, 0.4) is 0 Å². The zero-order valence-electron chi connectivity index (χ0n) is 12.3. The molecule has 4 unspecified atom stereocenters. The normalized spacial score (nSPS) is 27.1. The van der Waals surface area contributed by atoms with Gasteiger partial charge < -0.3 is 33.8 Å². The minimum atomic E-state index is -5.26. The summed E-state index contributed by atoms with van der Waals surface area (Å²) in [4.78, 5) is 45.2. The van der Waals surface area contributed by atoms with Crippen molar-refractivity contribution in [1.82, 2.24) is 9.55 Å². The van der Waals surface area contributed by atoms with Gasteiger partial charge in [-0.1, -0.05) is 0 Å². The minimum absolute atomic E-state index is 0. The number of aliphatic hydroxyl groups is 2. The zero-order chi connectivity index (χ0) is 15.8.